The van der Waals surface area contributed by atoms with Crippen LogP contribution in [0.5, 0.6) is 0 Å². The molecule has 0 spiro atoms. The summed E-state index contributed by atoms with van der Waals surface area (Å²) in [7, 11) is 0. The average molecular weight is 345 g/mol. The summed E-state index contributed by atoms with van der Waals surface area (Å²) in [5.41, 5.74) is 0.338. The van der Waals surface area contributed by atoms with Crippen LogP contribution in [0, 0.1) is 0 Å². The van der Waals surface area contributed by atoms with E-state index in [0.29, 0.717) is 18.1 Å². The summed E-state index contributed by atoms with van der Waals surface area (Å²) in [6, 6.07) is 9.34. The minimum Gasteiger partial charge on any atom is -0.338 e. The Hall–Kier alpha value is -2.14. The number of aromatic nitrogens is 2. The monoisotopic (exact) mass is 344 g/mol. The van der Waals surface area contributed by atoms with Crippen molar-refractivity contribution < 1.29 is 4.79 Å². The standard InChI is InChI=1S/C18H21ClN4O/c1-18(2,14-5-3-6-15(19)13-14)16(24)22-9-11-23(12-10-22)17-20-7-4-8-21-17/h3-8,13H,9-12H2,1-2H3. The fourth-order valence-corrected chi connectivity index (χ4v) is 3.15. The molecule has 2 heterocycles. The summed E-state index contributed by atoms with van der Waals surface area (Å²) in [4.78, 5) is 25.6. The number of carbonyl (C=O) groups is 1. The Morgan fingerprint density at radius 1 is 1.08 bits per heavy atom. The van der Waals surface area contributed by atoms with E-state index in [1.54, 1.807) is 18.5 Å². The molecule has 1 aromatic heterocycles. The number of piperazine rings is 1. The molecule has 1 saturated heterocycles. The van der Waals surface area contributed by atoms with Gasteiger partial charge >= 0.3 is 0 Å². The van der Waals surface area contributed by atoms with Crippen molar-refractivity contribution in [3.8, 4) is 0 Å². The van der Waals surface area contributed by atoms with Gasteiger partial charge in [0.05, 0.1) is 5.41 Å². The van der Waals surface area contributed by atoms with E-state index in [1.807, 2.05) is 43.0 Å². The van der Waals surface area contributed by atoms with Gasteiger partial charge < -0.3 is 9.80 Å². The number of hydrogen-bond donors (Lipinski definition) is 0. The van der Waals surface area contributed by atoms with Crippen LogP contribution < -0.4 is 4.90 Å². The maximum Gasteiger partial charge on any atom is 0.232 e. The molecular formula is C18H21ClN4O. The SMILES string of the molecule is CC(C)(C(=O)N1CCN(c2ncccn2)CC1)c1cccc(Cl)c1. The average Bonchev–Trinajstić information content (AvgIpc) is 2.62. The van der Waals surface area contributed by atoms with Gasteiger partial charge in [0.15, 0.2) is 0 Å². The Morgan fingerprint density at radius 3 is 2.38 bits per heavy atom. The molecule has 3 rings (SSSR count). The second kappa shape index (κ2) is 6.77. The molecule has 1 amide bonds. The largest absolute Gasteiger partial charge is 0.338 e. The van der Waals surface area contributed by atoms with Crippen LogP contribution in [0.2, 0.25) is 5.02 Å². The van der Waals surface area contributed by atoms with Gasteiger partial charge in [0.1, 0.15) is 0 Å². The van der Waals surface area contributed by atoms with Crippen LogP contribution in [0.15, 0.2) is 42.7 Å². The Kier molecular flexibility index (Phi) is 4.71. The van der Waals surface area contributed by atoms with Crippen LogP contribution in [-0.4, -0.2) is 47.0 Å². The molecule has 1 aliphatic heterocycles. The van der Waals surface area contributed by atoms with Crippen LogP contribution in [0.3, 0.4) is 0 Å². The van der Waals surface area contributed by atoms with Gasteiger partial charge in [-0.2, -0.15) is 0 Å². The minimum absolute atomic E-state index is 0.124. The lowest BCUT2D eigenvalue weighted by Gasteiger charge is -2.38. The van der Waals surface area contributed by atoms with Crippen molar-refractivity contribution in [2.45, 2.75) is 19.3 Å². The van der Waals surface area contributed by atoms with Gasteiger partial charge in [0, 0.05) is 43.6 Å². The zero-order valence-electron chi connectivity index (χ0n) is 13.9. The Morgan fingerprint density at radius 2 is 1.75 bits per heavy atom. The summed E-state index contributed by atoms with van der Waals surface area (Å²) < 4.78 is 0. The van der Waals surface area contributed by atoms with E-state index in [2.05, 4.69) is 14.9 Å². The first kappa shape index (κ1) is 16.7. The highest BCUT2D eigenvalue weighted by atomic mass is 35.5. The first-order chi connectivity index (χ1) is 11.5. The van der Waals surface area contributed by atoms with Crippen molar-refractivity contribution >= 4 is 23.5 Å². The Labute approximate surface area is 147 Å². The fourth-order valence-electron chi connectivity index (χ4n) is 2.96. The first-order valence-electron chi connectivity index (χ1n) is 8.06. The van der Waals surface area contributed by atoms with Crippen molar-refractivity contribution in [3.63, 3.8) is 0 Å². The predicted molar refractivity (Wildman–Crippen MR) is 95.3 cm³/mol. The lowest BCUT2D eigenvalue weighted by atomic mass is 9.83. The summed E-state index contributed by atoms with van der Waals surface area (Å²) in [5, 5.41) is 0.652. The van der Waals surface area contributed by atoms with E-state index in [4.69, 9.17) is 11.6 Å². The van der Waals surface area contributed by atoms with Crippen LogP contribution in [0.4, 0.5) is 5.95 Å². The smallest absolute Gasteiger partial charge is 0.232 e. The summed E-state index contributed by atoms with van der Waals surface area (Å²) in [6.45, 7) is 6.71. The number of benzene rings is 1. The molecule has 0 saturated carbocycles. The quantitative estimate of drug-likeness (QED) is 0.859. The number of nitrogens with zero attached hydrogens (tertiary/aromatic N) is 4. The summed E-state index contributed by atoms with van der Waals surface area (Å²) in [5.74, 6) is 0.845. The van der Waals surface area contributed by atoms with Gasteiger partial charge in [-0.3, -0.25) is 4.79 Å². The molecule has 2 aromatic rings. The molecule has 126 valence electrons. The lowest BCUT2D eigenvalue weighted by molar-refractivity contribution is -0.136. The Bertz CT molecular complexity index is 712. The van der Waals surface area contributed by atoms with Crippen LogP contribution in [0.25, 0.3) is 0 Å². The maximum atomic E-state index is 13.0. The third kappa shape index (κ3) is 3.36. The summed E-state index contributed by atoms with van der Waals surface area (Å²) >= 11 is 6.08. The Balaban J connectivity index is 1.68. The van der Waals surface area contributed by atoms with Crippen molar-refractivity contribution in [3.05, 3.63) is 53.3 Å². The fraction of sp³-hybridized carbons (Fsp3) is 0.389. The van der Waals surface area contributed by atoms with E-state index in [9.17, 15) is 4.79 Å². The third-order valence-electron chi connectivity index (χ3n) is 4.48. The number of anilines is 1. The van der Waals surface area contributed by atoms with Gasteiger partial charge in [-0.15, -0.1) is 0 Å². The molecule has 1 fully saturated rings. The number of carbonyl (C=O) groups excluding carboxylic acids is 1. The minimum atomic E-state index is -0.601. The van der Waals surface area contributed by atoms with Gasteiger partial charge in [0.2, 0.25) is 11.9 Å². The number of rotatable bonds is 3. The molecule has 24 heavy (non-hydrogen) atoms. The van der Waals surface area contributed by atoms with Gasteiger partial charge in [-0.25, -0.2) is 9.97 Å². The maximum absolute atomic E-state index is 13.0. The highest BCUT2D eigenvalue weighted by Gasteiger charge is 2.35. The van der Waals surface area contributed by atoms with Gasteiger partial charge in [0.25, 0.3) is 0 Å². The summed E-state index contributed by atoms with van der Waals surface area (Å²) in [6.07, 6.45) is 3.48. The highest BCUT2D eigenvalue weighted by Crippen LogP contribution is 2.28. The first-order valence-corrected chi connectivity index (χ1v) is 8.43. The zero-order valence-corrected chi connectivity index (χ0v) is 14.7. The molecule has 1 aromatic carbocycles. The number of halogens is 1. The molecular weight excluding hydrogens is 324 g/mol. The van der Waals surface area contributed by atoms with Crippen LogP contribution in [-0.2, 0) is 10.2 Å². The molecule has 0 N–H and O–H groups in total. The number of amides is 1. The highest BCUT2D eigenvalue weighted by molar-refractivity contribution is 6.30. The molecule has 0 radical (unpaired) electrons. The van der Waals surface area contributed by atoms with E-state index in [1.165, 1.54) is 0 Å². The molecule has 0 unspecified atom stereocenters. The van der Waals surface area contributed by atoms with E-state index in [0.717, 1.165) is 24.6 Å². The molecule has 0 aliphatic carbocycles. The van der Waals surface area contributed by atoms with Crippen molar-refractivity contribution in [2.75, 3.05) is 31.1 Å². The molecule has 5 nitrogen and oxygen atoms in total. The van der Waals surface area contributed by atoms with Gasteiger partial charge in [-0.1, -0.05) is 23.7 Å². The van der Waals surface area contributed by atoms with E-state index < -0.39 is 5.41 Å². The second-order valence-corrected chi connectivity index (χ2v) is 6.90. The third-order valence-corrected chi connectivity index (χ3v) is 4.72. The lowest BCUT2D eigenvalue weighted by Crippen LogP contribution is -2.53. The molecule has 0 bridgehead atoms. The molecule has 0 atom stereocenters. The topological polar surface area (TPSA) is 49.3 Å². The van der Waals surface area contributed by atoms with Crippen LogP contribution in [0.1, 0.15) is 19.4 Å². The number of hydrogen-bond acceptors (Lipinski definition) is 4. The second-order valence-electron chi connectivity index (χ2n) is 6.46. The molecule has 1 aliphatic rings. The van der Waals surface area contributed by atoms with Crippen molar-refractivity contribution in [2.24, 2.45) is 0 Å². The van der Waals surface area contributed by atoms with E-state index in [-0.39, 0.29) is 5.91 Å². The van der Waals surface area contributed by atoms with Crippen LogP contribution >= 0.6 is 11.6 Å². The normalized spacial score (nSPS) is 15.5. The molecule has 6 heteroatoms. The van der Waals surface area contributed by atoms with Gasteiger partial charge in [-0.05, 0) is 37.6 Å². The van der Waals surface area contributed by atoms with E-state index >= 15 is 0 Å². The van der Waals surface area contributed by atoms with Crippen molar-refractivity contribution in [1.82, 2.24) is 14.9 Å². The predicted octanol–water partition coefficient (Wildman–Crippen LogP) is 2.76. The van der Waals surface area contributed by atoms with Crippen molar-refractivity contribution in [1.29, 1.82) is 0 Å². The zero-order chi connectivity index (χ0) is 17.2.